The number of hydrogen-bond acceptors (Lipinski definition) is 2. The van der Waals surface area contributed by atoms with Gasteiger partial charge in [-0.2, -0.15) is 13.2 Å². The van der Waals surface area contributed by atoms with Crippen molar-refractivity contribution in [2.24, 2.45) is 0 Å². The van der Waals surface area contributed by atoms with Crippen LogP contribution >= 0.6 is 0 Å². The molecule has 0 radical (unpaired) electrons. The van der Waals surface area contributed by atoms with E-state index in [9.17, 15) is 13.2 Å². The van der Waals surface area contributed by atoms with Crippen molar-refractivity contribution in [2.45, 2.75) is 51.9 Å². The van der Waals surface area contributed by atoms with E-state index in [0.29, 0.717) is 6.61 Å². The van der Waals surface area contributed by atoms with E-state index < -0.39 is 11.7 Å². The zero-order valence-corrected chi connectivity index (χ0v) is 13.1. The van der Waals surface area contributed by atoms with E-state index in [1.54, 1.807) is 0 Å². The summed E-state index contributed by atoms with van der Waals surface area (Å²) in [5.41, 5.74) is -0.101. The molecule has 1 unspecified atom stereocenters. The van der Waals surface area contributed by atoms with Gasteiger partial charge in [-0.25, -0.2) is 0 Å². The zero-order chi connectivity index (χ0) is 16.1. The first-order valence-electron chi connectivity index (χ1n) is 7.18. The second-order valence-corrected chi connectivity index (χ2v) is 6.05. The van der Waals surface area contributed by atoms with E-state index in [0.717, 1.165) is 30.7 Å². The molecule has 0 aromatic heterocycles. The van der Waals surface area contributed by atoms with E-state index in [2.05, 4.69) is 5.32 Å². The molecule has 120 valence electrons. The number of ether oxygens (including phenoxy) is 1. The third kappa shape index (κ3) is 6.48. The highest BCUT2D eigenvalue weighted by Gasteiger charge is 2.30. The lowest BCUT2D eigenvalue weighted by atomic mass is 10.0. The molecule has 0 bridgehead atoms. The summed E-state index contributed by atoms with van der Waals surface area (Å²) in [5, 5.41) is 3.31. The van der Waals surface area contributed by atoms with Crippen molar-refractivity contribution in [2.75, 3.05) is 13.2 Å². The van der Waals surface area contributed by atoms with Crippen LogP contribution in [0.5, 0.6) is 0 Å². The van der Waals surface area contributed by atoms with Crippen molar-refractivity contribution in [3.63, 3.8) is 0 Å². The zero-order valence-electron chi connectivity index (χ0n) is 13.1. The van der Waals surface area contributed by atoms with Gasteiger partial charge in [0.1, 0.15) is 0 Å². The summed E-state index contributed by atoms with van der Waals surface area (Å²) in [6, 6.07) is 5.16. The van der Waals surface area contributed by atoms with E-state index in [1.165, 1.54) is 12.1 Å². The number of nitrogens with one attached hydrogen (secondary N) is 1. The van der Waals surface area contributed by atoms with Crippen LogP contribution in [0.1, 0.15) is 51.3 Å². The van der Waals surface area contributed by atoms with Crippen LogP contribution in [0.25, 0.3) is 0 Å². The van der Waals surface area contributed by atoms with Crippen molar-refractivity contribution in [1.29, 1.82) is 0 Å². The summed E-state index contributed by atoms with van der Waals surface area (Å²) in [7, 11) is 0. The molecule has 0 amide bonds. The van der Waals surface area contributed by atoms with Crippen LogP contribution in [0, 0.1) is 0 Å². The maximum absolute atomic E-state index is 12.6. The number of halogens is 3. The molecule has 1 aromatic carbocycles. The molecule has 0 aliphatic heterocycles. The van der Waals surface area contributed by atoms with Crippen LogP contribution in [-0.2, 0) is 10.9 Å². The van der Waals surface area contributed by atoms with Crippen molar-refractivity contribution in [1.82, 2.24) is 5.32 Å². The molecule has 0 fully saturated rings. The molecular formula is C16H24F3NO. The molecule has 0 saturated heterocycles. The minimum Gasteiger partial charge on any atom is -0.374 e. The Balaban J connectivity index is 2.82. The van der Waals surface area contributed by atoms with Crippen LogP contribution in [0.2, 0.25) is 0 Å². The SMILES string of the molecule is CCCNC(COC(C)(C)C)c1ccc(C(F)(F)F)cc1. The first-order valence-corrected chi connectivity index (χ1v) is 7.18. The Kier molecular flexibility index (Phi) is 6.23. The van der Waals surface area contributed by atoms with Gasteiger partial charge in [0.05, 0.1) is 23.8 Å². The lowest BCUT2D eigenvalue weighted by Gasteiger charge is -2.25. The Morgan fingerprint density at radius 2 is 1.67 bits per heavy atom. The molecule has 1 aromatic rings. The van der Waals surface area contributed by atoms with Gasteiger partial charge in [0.25, 0.3) is 0 Å². The van der Waals surface area contributed by atoms with Crippen LogP contribution in [-0.4, -0.2) is 18.8 Å². The van der Waals surface area contributed by atoms with Crippen LogP contribution in [0.3, 0.4) is 0 Å². The van der Waals surface area contributed by atoms with E-state index in [4.69, 9.17) is 4.74 Å². The Bertz CT molecular complexity index is 421. The van der Waals surface area contributed by atoms with Gasteiger partial charge in [-0.05, 0) is 51.4 Å². The summed E-state index contributed by atoms with van der Waals surface area (Å²) >= 11 is 0. The normalized spacial score (nSPS) is 14.2. The van der Waals surface area contributed by atoms with Gasteiger partial charge in [0.2, 0.25) is 0 Å². The molecule has 1 N–H and O–H groups in total. The quantitative estimate of drug-likeness (QED) is 0.831. The van der Waals surface area contributed by atoms with Gasteiger partial charge >= 0.3 is 6.18 Å². The van der Waals surface area contributed by atoms with Crippen molar-refractivity contribution < 1.29 is 17.9 Å². The Morgan fingerprint density at radius 1 is 1.10 bits per heavy atom. The summed E-state index contributed by atoms with van der Waals surface area (Å²) in [5.74, 6) is 0. The van der Waals surface area contributed by atoms with Gasteiger partial charge < -0.3 is 10.1 Å². The maximum atomic E-state index is 12.6. The first kappa shape index (κ1) is 18.0. The van der Waals surface area contributed by atoms with Crippen molar-refractivity contribution in [3.8, 4) is 0 Å². The highest BCUT2D eigenvalue weighted by Crippen LogP contribution is 2.30. The lowest BCUT2D eigenvalue weighted by Crippen LogP contribution is -2.30. The molecule has 21 heavy (non-hydrogen) atoms. The topological polar surface area (TPSA) is 21.3 Å². The van der Waals surface area contributed by atoms with Gasteiger partial charge in [0, 0.05) is 0 Å². The largest absolute Gasteiger partial charge is 0.416 e. The molecule has 0 aliphatic carbocycles. The summed E-state index contributed by atoms with van der Waals surface area (Å²) < 4.78 is 43.5. The highest BCUT2D eigenvalue weighted by molar-refractivity contribution is 5.27. The lowest BCUT2D eigenvalue weighted by molar-refractivity contribution is -0.137. The summed E-state index contributed by atoms with van der Waals surface area (Å²) in [4.78, 5) is 0. The minimum atomic E-state index is -4.30. The van der Waals surface area contributed by atoms with Crippen LogP contribution in [0.4, 0.5) is 13.2 Å². The standard InChI is InChI=1S/C16H24F3NO/c1-5-10-20-14(11-21-15(2,3)4)12-6-8-13(9-7-12)16(17,18)19/h6-9,14,20H,5,10-11H2,1-4H3. The predicted molar refractivity (Wildman–Crippen MR) is 78.2 cm³/mol. The van der Waals surface area contributed by atoms with E-state index >= 15 is 0 Å². The third-order valence-electron chi connectivity index (χ3n) is 2.96. The van der Waals surface area contributed by atoms with Crippen LogP contribution < -0.4 is 5.32 Å². The Morgan fingerprint density at radius 3 is 2.10 bits per heavy atom. The number of rotatable bonds is 6. The molecular weight excluding hydrogens is 279 g/mol. The average molecular weight is 303 g/mol. The van der Waals surface area contributed by atoms with Crippen LogP contribution in [0.15, 0.2) is 24.3 Å². The Labute approximate surface area is 124 Å². The number of alkyl halides is 3. The fourth-order valence-electron chi connectivity index (χ4n) is 1.83. The molecule has 1 atom stereocenters. The number of benzene rings is 1. The van der Waals surface area contributed by atoms with E-state index in [1.807, 2.05) is 27.7 Å². The van der Waals surface area contributed by atoms with Gasteiger partial charge in [-0.1, -0.05) is 19.1 Å². The molecule has 0 spiro atoms. The van der Waals surface area contributed by atoms with E-state index in [-0.39, 0.29) is 11.6 Å². The van der Waals surface area contributed by atoms with Crippen molar-refractivity contribution in [3.05, 3.63) is 35.4 Å². The average Bonchev–Trinajstić information content (AvgIpc) is 2.37. The number of hydrogen-bond donors (Lipinski definition) is 1. The molecule has 1 rings (SSSR count). The van der Waals surface area contributed by atoms with Crippen molar-refractivity contribution >= 4 is 0 Å². The maximum Gasteiger partial charge on any atom is 0.416 e. The highest BCUT2D eigenvalue weighted by atomic mass is 19.4. The predicted octanol–water partition coefficient (Wildman–Crippen LogP) is 4.56. The smallest absolute Gasteiger partial charge is 0.374 e. The molecule has 2 nitrogen and oxygen atoms in total. The Hall–Kier alpha value is -1.07. The first-order chi connectivity index (χ1) is 9.63. The minimum absolute atomic E-state index is 0.105. The second kappa shape index (κ2) is 7.27. The fourth-order valence-corrected chi connectivity index (χ4v) is 1.83. The molecule has 5 heteroatoms. The molecule has 0 aliphatic rings. The third-order valence-corrected chi connectivity index (χ3v) is 2.96. The second-order valence-electron chi connectivity index (χ2n) is 6.05. The van der Waals surface area contributed by atoms with Gasteiger partial charge in [0.15, 0.2) is 0 Å². The molecule has 0 saturated carbocycles. The molecule has 0 heterocycles. The fraction of sp³-hybridized carbons (Fsp3) is 0.625. The summed E-state index contributed by atoms with van der Waals surface area (Å²) in [6.07, 6.45) is -3.35. The van der Waals surface area contributed by atoms with Gasteiger partial charge in [-0.15, -0.1) is 0 Å². The summed E-state index contributed by atoms with van der Waals surface area (Å²) in [6.45, 7) is 9.12. The van der Waals surface area contributed by atoms with Gasteiger partial charge in [-0.3, -0.25) is 0 Å². The monoisotopic (exact) mass is 303 g/mol.